The molecular weight excluding hydrogens is 234 g/mol. The van der Waals surface area contributed by atoms with E-state index in [1.807, 2.05) is 24.3 Å². The average Bonchev–Trinajstić information content (AvgIpc) is 2.89. The molecule has 92 valence electrons. The molecule has 0 amide bonds. The Bertz CT molecular complexity index is 389. The van der Waals surface area contributed by atoms with Crippen molar-refractivity contribution >= 4 is 17.2 Å². The summed E-state index contributed by atoms with van der Waals surface area (Å²) in [5, 5.41) is 3.24. The van der Waals surface area contributed by atoms with E-state index in [0.717, 1.165) is 42.3 Å². The van der Waals surface area contributed by atoms with E-state index in [9.17, 15) is 0 Å². The van der Waals surface area contributed by atoms with Crippen molar-refractivity contribution in [2.24, 2.45) is 0 Å². The number of ether oxygens (including phenoxy) is 2. The van der Waals surface area contributed by atoms with Crippen LogP contribution in [0.3, 0.4) is 0 Å². The fraction of sp³-hybridized carbons (Fsp3) is 0.462. The van der Waals surface area contributed by atoms with E-state index < -0.39 is 0 Å². The quantitative estimate of drug-likeness (QED) is 0.831. The van der Waals surface area contributed by atoms with Crippen LogP contribution in [-0.2, 0) is 4.74 Å². The van der Waals surface area contributed by atoms with Crippen LogP contribution < -0.4 is 10.1 Å². The standard InChI is InChI=1S/C13H17NO2S/c1-15-12-7-3-2-6-11(12)13(17)14-9-10-5-4-8-16-10/h2-3,6-7,10H,4-5,8-9H2,1H3,(H,14,17). The molecule has 1 aliphatic rings. The Hall–Kier alpha value is -1.13. The van der Waals surface area contributed by atoms with Gasteiger partial charge in [0.2, 0.25) is 0 Å². The molecule has 2 rings (SSSR count). The van der Waals surface area contributed by atoms with E-state index >= 15 is 0 Å². The highest BCUT2D eigenvalue weighted by Crippen LogP contribution is 2.18. The highest BCUT2D eigenvalue weighted by Gasteiger charge is 2.16. The Balaban J connectivity index is 1.94. The number of hydrogen-bond acceptors (Lipinski definition) is 3. The fourth-order valence-corrected chi connectivity index (χ4v) is 2.19. The van der Waals surface area contributed by atoms with Gasteiger partial charge in [-0.1, -0.05) is 24.4 Å². The van der Waals surface area contributed by atoms with Gasteiger partial charge in [-0.15, -0.1) is 0 Å². The first kappa shape index (κ1) is 12.3. The molecule has 1 aliphatic heterocycles. The predicted octanol–water partition coefficient (Wildman–Crippen LogP) is 2.14. The van der Waals surface area contributed by atoms with Crippen LogP contribution in [0.5, 0.6) is 5.75 Å². The molecule has 0 bridgehead atoms. The van der Waals surface area contributed by atoms with Crippen molar-refractivity contribution < 1.29 is 9.47 Å². The van der Waals surface area contributed by atoms with Gasteiger partial charge in [0.05, 0.1) is 18.8 Å². The Kier molecular flexibility index (Phi) is 4.34. The molecule has 1 aromatic carbocycles. The second-order valence-corrected chi connectivity index (χ2v) is 4.45. The first-order chi connectivity index (χ1) is 8.31. The minimum Gasteiger partial charge on any atom is -0.496 e. The van der Waals surface area contributed by atoms with Crippen molar-refractivity contribution in [2.45, 2.75) is 18.9 Å². The summed E-state index contributed by atoms with van der Waals surface area (Å²) in [4.78, 5) is 0.720. The maximum Gasteiger partial charge on any atom is 0.129 e. The molecule has 3 nitrogen and oxygen atoms in total. The van der Waals surface area contributed by atoms with Gasteiger partial charge in [0.1, 0.15) is 10.7 Å². The van der Waals surface area contributed by atoms with E-state index in [4.69, 9.17) is 21.7 Å². The van der Waals surface area contributed by atoms with E-state index in [2.05, 4.69) is 5.32 Å². The molecule has 1 atom stereocenters. The van der Waals surface area contributed by atoms with Crippen LogP contribution in [0.4, 0.5) is 0 Å². The lowest BCUT2D eigenvalue weighted by Gasteiger charge is -2.14. The molecule has 0 saturated carbocycles. The van der Waals surface area contributed by atoms with Crippen molar-refractivity contribution in [2.75, 3.05) is 20.3 Å². The molecule has 0 aliphatic carbocycles. The number of rotatable bonds is 4. The minimum absolute atomic E-state index is 0.294. The third-order valence-corrected chi connectivity index (χ3v) is 3.23. The maximum absolute atomic E-state index is 5.54. The van der Waals surface area contributed by atoms with Crippen LogP contribution in [0, 0.1) is 0 Å². The number of hydrogen-bond donors (Lipinski definition) is 1. The topological polar surface area (TPSA) is 30.5 Å². The lowest BCUT2D eigenvalue weighted by atomic mass is 10.2. The van der Waals surface area contributed by atoms with E-state index in [0.29, 0.717) is 6.10 Å². The normalized spacial score (nSPS) is 19.0. The van der Waals surface area contributed by atoms with Gasteiger partial charge in [0.25, 0.3) is 0 Å². The SMILES string of the molecule is COc1ccccc1C(=S)NCC1CCCO1. The van der Waals surface area contributed by atoms with E-state index in [-0.39, 0.29) is 0 Å². The van der Waals surface area contributed by atoms with Crippen LogP contribution in [0.25, 0.3) is 0 Å². The Morgan fingerprint density at radius 1 is 1.53 bits per heavy atom. The first-order valence-corrected chi connectivity index (χ1v) is 6.25. The number of benzene rings is 1. The molecule has 1 unspecified atom stereocenters. The first-order valence-electron chi connectivity index (χ1n) is 5.84. The van der Waals surface area contributed by atoms with Gasteiger partial charge in [0.15, 0.2) is 0 Å². The molecule has 4 heteroatoms. The number of thiocarbonyl (C=S) groups is 1. The number of para-hydroxylation sites is 1. The molecular formula is C13H17NO2S. The molecule has 1 heterocycles. The zero-order chi connectivity index (χ0) is 12.1. The van der Waals surface area contributed by atoms with Crippen molar-refractivity contribution in [1.29, 1.82) is 0 Å². The third kappa shape index (κ3) is 3.17. The zero-order valence-corrected chi connectivity index (χ0v) is 10.8. The Morgan fingerprint density at radius 3 is 3.06 bits per heavy atom. The van der Waals surface area contributed by atoms with Crippen LogP contribution >= 0.6 is 12.2 Å². The average molecular weight is 251 g/mol. The van der Waals surface area contributed by atoms with E-state index in [1.54, 1.807) is 7.11 Å². The second kappa shape index (κ2) is 5.98. The maximum atomic E-state index is 5.54. The molecule has 1 aromatic rings. The van der Waals surface area contributed by atoms with E-state index in [1.165, 1.54) is 0 Å². The smallest absolute Gasteiger partial charge is 0.129 e. The van der Waals surface area contributed by atoms with Crippen LogP contribution in [0.1, 0.15) is 18.4 Å². The summed E-state index contributed by atoms with van der Waals surface area (Å²) in [5.41, 5.74) is 0.933. The largest absolute Gasteiger partial charge is 0.496 e. The Morgan fingerprint density at radius 2 is 2.35 bits per heavy atom. The third-order valence-electron chi connectivity index (χ3n) is 2.87. The lowest BCUT2D eigenvalue weighted by Crippen LogP contribution is -2.31. The summed E-state index contributed by atoms with van der Waals surface area (Å²) in [6, 6.07) is 7.77. The predicted molar refractivity (Wildman–Crippen MR) is 71.7 cm³/mol. The van der Waals surface area contributed by atoms with Gasteiger partial charge in [-0.25, -0.2) is 0 Å². The fourth-order valence-electron chi connectivity index (χ4n) is 1.94. The molecule has 17 heavy (non-hydrogen) atoms. The van der Waals surface area contributed by atoms with Crippen molar-refractivity contribution in [3.05, 3.63) is 29.8 Å². The second-order valence-electron chi connectivity index (χ2n) is 4.05. The monoisotopic (exact) mass is 251 g/mol. The molecule has 0 aromatic heterocycles. The minimum atomic E-state index is 0.294. The van der Waals surface area contributed by atoms with Crippen LogP contribution in [0.15, 0.2) is 24.3 Å². The number of methoxy groups -OCH3 is 1. The summed E-state index contributed by atoms with van der Waals surface area (Å²) >= 11 is 5.36. The van der Waals surface area contributed by atoms with Crippen molar-refractivity contribution in [1.82, 2.24) is 5.32 Å². The molecule has 1 fully saturated rings. The van der Waals surface area contributed by atoms with Crippen molar-refractivity contribution in [3.63, 3.8) is 0 Å². The zero-order valence-electron chi connectivity index (χ0n) is 9.94. The Labute approximate surface area is 107 Å². The van der Waals surface area contributed by atoms with Gasteiger partial charge < -0.3 is 14.8 Å². The highest BCUT2D eigenvalue weighted by molar-refractivity contribution is 7.80. The summed E-state index contributed by atoms with van der Waals surface area (Å²) < 4.78 is 10.8. The van der Waals surface area contributed by atoms with Crippen LogP contribution in [-0.4, -0.2) is 31.4 Å². The van der Waals surface area contributed by atoms with Gasteiger partial charge >= 0.3 is 0 Å². The van der Waals surface area contributed by atoms with Crippen LogP contribution in [0.2, 0.25) is 0 Å². The summed E-state index contributed by atoms with van der Waals surface area (Å²) in [5.74, 6) is 0.803. The highest BCUT2D eigenvalue weighted by atomic mass is 32.1. The lowest BCUT2D eigenvalue weighted by molar-refractivity contribution is 0.114. The molecule has 1 saturated heterocycles. The van der Waals surface area contributed by atoms with Gasteiger partial charge in [-0.2, -0.15) is 0 Å². The molecule has 0 spiro atoms. The summed E-state index contributed by atoms with van der Waals surface area (Å²) in [7, 11) is 1.65. The summed E-state index contributed by atoms with van der Waals surface area (Å²) in [6.45, 7) is 1.64. The van der Waals surface area contributed by atoms with Crippen molar-refractivity contribution in [3.8, 4) is 5.75 Å². The number of nitrogens with one attached hydrogen (secondary N) is 1. The van der Waals surface area contributed by atoms with Gasteiger partial charge in [0, 0.05) is 13.2 Å². The van der Waals surface area contributed by atoms with Gasteiger partial charge in [-0.05, 0) is 25.0 Å². The summed E-state index contributed by atoms with van der Waals surface area (Å²) in [6.07, 6.45) is 2.55. The van der Waals surface area contributed by atoms with Gasteiger partial charge in [-0.3, -0.25) is 0 Å². The molecule has 0 radical (unpaired) electrons. The molecule has 1 N–H and O–H groups in total.